The summed E-state index contributed by atoms with van der Waals surface area (Å²) in [5.74, 6) is 0. The molecule has 19 heavy (non-hydrogen) atoms. The molecule has 0 N–H and O–H groups in total. The zero-order valence-corrected chi connectivity index (χ0v) is 14.3. The van der Waals surface area contributed by atoms with E-state index in [1.807, 2.05) is 0 Å². The van der Waals surface area contributed by atoms with Crippen LogP contribution in [0.1, 0.15) is 0 Å². The summed E-state index contributed by atoms with van der Waals surface area (Å²) in [6.07, 6.45) is 0. The number of nitrogens with zero attached hydrogens (tertiary/aromatic N) is 4. The van der Waals surface area contributed by atoms with Crippen LogP contribution < -0.4 is 0 Å². The second-order valence-electron chi connectivity index (χ2n) is 5.54. The summed E-state index contributed by atoms with van der Waals surface area (Å²) < 4.78 is -0.768. The Morgan fingerprint density at radius 2 is 1.21 bits per heavy atom. The van der Waals surface area contributed by atoms with Crippen molar-refractivity contribution in [3.63, 3.8) is 0 Å². The van der Waals surface area contributed by atoms with Gasteiger partial charge in [-0.05, 0) is 14.1 Å². The van der Waals surface area contributed by atoms with Crippen molar-refractivity contribution in [1.82, 2.24) is 19.6 Å². The van der Waals surface area contributed by atoms with Gasteiger partial charge in [0.25, 0.3) is 0 Å². The van der Waals surface area contributed by atoms with Crippen LogP contribution in [-0.4, -0.2) is 97.1 Å². The first-order valence-corrected chi connectivity index (χ1v) is 7.45. The van der Waals surface area contributed by atoms with Gasteiger partial charge in [-0.2, -0.15) is 0 Å². The first kappa shape index (κ1) is 18.0. The number of likely N-dealkylation sites (N-methyl/N-ethyl adjacent to an activating group) is 2. The molecule has 2 aliphatic heterocycles. The molecule has 2 rings (SSSR count). The van der Waals surface area contributed by atoms with Crippen molar-refractivity contribution in [3.05, 3.63) is 0 Å². The number of alkyl halides is 2. The standard InChI is InChI=1S/C12H24Cl2N4.Co/c1-15-3-6-17-7-4-16(2)11-12(13,14)18(9-5-15)10-8-17;/h3-11H2,1-2H3;. The van der Waals surface area contributed by atoms with Gasteiger partial charge >= 0.3 is 0 Å². The molecule has 2 saturated heterocycles. The third kappa shape index (κ3) is 5.32. The maximum Gasteiger partial charge on any atom is 0.184 e. The van der Waals surface area contributed by atoms with E-state index in [9.17, 15) is 0 Å². The number of hydrogen-bond acceptors (Lipinski definition) is 4. The van der Waals surface area contributed by atoms with Crippen molar-refractivity contribution in [2.75, 3.05) is 73.0 Å². The molecule has 2 aliphatic rings. The molecule has 0 aliphatic carbocycles. The topological polar surface area (TPSA) is 13.0 Å². The van der Waals surface area contributed by atoms with E-state index in [4.69, 9.17) is 23.2 Å². The second kappa shape index (κ2) is 7.80. The minimum absolute atomic E-state index is 0. The van der Waals surface area contributed by atoms with Gasteiger partial charge in [-0.25, -0.2) is 0 Å². The van der Waals surface area contributed by atoms with E-state index >= 15 is 0 Å². The van der Waals surface area contributed by atoms with Crippen LogP contribution in [0.25, 0.3) is 0 Å². The number of halogens is 2. The van der Waals surface area contributed by atoms with E-state index in [2.05, 4.69) is 33.7 Å². The molecule has 2 heterocycles. The average molecular weight is 354 g/mol. The monoisotopic (exact) mass is 353 g/mol. The molecule has 2 fully saturated rings. The SMILES string of the molecule is CN1CCN2CCN(C)CC(Cl)(Cl)N(CC1)CC2.[Co]. The largest absolute Gasteiger partial charge is 0.304 e. The molecule has 4 nitrogen and oxygen atoms in total. The summed E-state index contributed by atoms with van der Waals surface area (Å²) >= 11 is 13.1. The predicted octanol–water partition coefficient (Wildman–Crippen LogP) is 0.610. The fraction of sp³-hybridized carbons (Fsp3) is 1.00. The van der Waals surface area contributed by atoms with E-state index in [1.165, 1.54) is 0 Å². The van der Waals surface area contributed by atoms with Gasteiger partial charge in [-0.1, -0.05) is 23.2 Å². The summed E-state index contributed by atoms with van der Waals surface area (Å²) in [5, 5.41) is 0. The van der Waals surface area contributed by atoms with Crippen molar-refractivity contribution < 1.29 is 16.8 Å². The summed E-state index contributed by atoms with van der Waals surface area (Å²) in [7, 11) is 4.27. The number of fused-ring (bicyclic) bond motifs is 3. The van der Waals surface area contributed by atoms with Crippen molar-refractivity contribution in [1.29, 1.82) is 0 Å². The van der Waals surface area contributed by atoms with Gasteiger partial charge in [0.1, 0.15) is 0 Å². The number of hydrogen-bond donors (Lipinski definition) is 0. The van der Waals surface area contributed by atoms with E-state index in [-0.39, 0.29) is 16.8 Å². The number of rotatable bonds is 0. The van der Waals surface area contributed by atoms with Crippen LogP contribution in [0.3, 0.4) is 0 Å². The van der Waals surface area contributed by atoms with Gasteiger partial charge in [0.05, 0.1) is 0 Å². The molecule has 0 aromatic rings. The molecule has 0 aromatic carbocycles. The van der Waals surface area contributed by atoms with E-state index in [1.54, 1.807) is 0 Å². The molecular weight excluding hydrogens is 330 g/mol. The van der Waals surface area contributed by atoms with Gasteiger partial charge < -0.3 is 9.80 Å². The van der Waals surface area contributed by atoms with Crippen LogP contribution in [0.2, 0.25) is 0 Å². The van der Waals surface area contributed by atoms with Gasteiger partial charge in [0.2, 0.25) is 0 Å². The minimum atomic E-state index is -0.768. The molecule has 0 spiro atoms. The molecule has 115 valence electrons. The summed E-state index contributed by atoms with van der Waals surface area (Å²) in [5.41, 5.74) is 0. The quantitative estimate of drug-likeness (QED) is 0.467. The molecule has 2 atom stereocenters. The van der Waals surface area contributed by atoms with Crippen LogP contribution in [0, 0.1) is 0 Å². The third-order valence-corrected chi connectivity index (χ3v) is 4.67. The molecule has 7 heteroatoms. The van der Waals surface area contributed by atoms with Gasteiger partial charge in [-0.15, -0.1) is 0 Å². The van der Waals surface area contributed by atoms with E-state index in [0.717, 1.165) is 52.4 Å². The molecule has 1 radical (unpaired) electrons. The Bertz CT molecular complexity index is 280. The first-order valence-electron chi connectivity index (χ1n) is 6.70. The van der Waals surface area contributed by atoms with Crippen LogP contribution >= 0.6 is 23.2 Å². The molecule has 0 amide bonds. The molecule has 2 unspecified atom stereocenters. The Kier molecular flexibility index (Phi) is 7.38. The van der Waals surface area contributed by atoms with Gasteiger partial charge in [-0.3, -0.25) is 9.80 Å². The van der Waals surface area contributed by atoms with Crippen LogP contribution in [0.4, 0.5) is 0 Å². The van der Waals surface area contributed by atoms with E-state index < -0.39 is 4.46 Å². The van der Waals surface area contributed by atoms with Crippen LogP contribution in [0.15, 0.2) is 0 Å². The molecular formula is C12H24Cl2CoN4. The molecule has 0 aromatic heterocycles. The fourth-order valence-electron chi connectivity index (χ4n) is 2.57. The zero-order valence-electron chi connectivity index (χ0n) is 11.7. The fourth-order valence-corrected chi connectivity index (χ4v) is 3.31. The summed E-state index contributed by atoms with van der Waals surface area (Å²) in [6, 6.07) is 0. The maximum absolute atomic E-state index is 6.55. The Morgan fingerprint density at radius 1 is 0.737 bits per heavy atom. The Balaban J connectivity index is 0.00000180. The maximum atomic E-state index is 6.55. The van der Waals surface area contributed by atoms with Crippen molar-refractivity contribution in [3.8, 4) is 0 Å². The average Bonchev–Trinajstić information content (AvgIpc) is 2.40. The van der Waals surface area contributed by atoms with Crippen LogP contribution in [-0.2, 0) is 16.8 Å². The Hall–Kier alpha value is 0.926. The van der Waals surface area contributed by atoms with Crippen molar-refractivity contribution in [2.45, 2.75) is 4.46 Å². The van der Waals surface area contributed by atoms with Crippen LogP contribution in [0.5, 0.6) is 0 Å². The Labute approximate surface area is 137 Å². The third-order valence-electron chi connectivity index (χ3n) is 3.96. The van der Waals surface area contributed by atoms with Crippen molar-refractivity contribution in [2.24, 2.45) is 0 Å². The van der Waals surface area contributed by atoms with Gasteiger partial charge in [0, 0.05) is 75.7 Å². The van der Waals surface area contributed by atoms with Gasteiger partial charge in [0.15, 0.2) is 4.46 Å². The Morgan fingerprint density at radius 3 is 1.89 bits per heavy atom. The predicted molar refractivity (Wildman–Crippen MR) is 77.4 cm³/mol. The zero-order chi connectivity index (χ0) is 13.2. The minimum Gasteiger partial charge on any atom is -0.304 e. The first-order chi connectivity index (χ1) is 8.47. The summed E-state index contributed by atoms with van der Waals surface area (Å²) in [4.78, 5) is 9.32. The smallest absolute Gasteiger partial charge is 0.184 e. The molecule has 2 bridgehead atoms. The van der Waals surface area contributed by atoms with Crippen molar-refractivity contribution >= 4 is 23.2 Å². The molecule has 0 saturated carbocycles. The summed E-state index contributed by atoms with van der Waals surface area (Å²) in [6.45, 7) is 9.06. The normalized spacial score (nSPS) is 34.1. The second-order valence-corrected chi connectivity index (χ2v) is 6.98. The van der Waals surface area contributed by atoms with E-state index in [0.29, 0.717) is 6.54 Å².